The maximum absolute atomic E-state index is 14.4. The van der Waals surface area contributed by atoms with Crippen LogP contribution in [-0.2, 0) is 33.9 Å². The highest BCUT2D eigenvalue weighted by Gasteiger charge is 2.38. The molecule has 0 heterocycles. The predicted octanol–water partition coefficient (Wildman–Crippen LogP) is 2.80. The summed E-state index contributed by atoms with van der Waals surface area (Å²) in [6.07, 6.45) is -1.37. The molecule has 0 radical (unpaired) electrons. The van der Waals surface area contributed by atoms with Crippen LogP contribution in [0.1, 0.15) is 51.3 Å². The van der Waals surface area contributed by atoms with Crippen molar-refractivity contribution in [3.8, 4) is 28.7 Å². The number of phenolic OH excluding ortho intramolecular Hbond substituents is 1. The van der Waals surface area contributed by atoms with Gasteiger partial charge in [-0.15, -0.1) is 0 Å². The molecule has 0 saturated heterocycles. The van der Waals surface area contributed by atoms with Crippen LogP contribution in [0.5, 0.6) is 28.7 Å². The van der Waals surface area contributed by atoms with E-state index in [1.807, 2.05) is 51.1 Å². The molecule has 14 heteroatoms. The molecular weight excluding hydrogens is 694 g/mol. The van der Waals surface area contributed by atoms with E-state index in [1.54, 1.807) is 38.1 Å². The highest BCUT2D eigenvalue weighted by atomic mass is 16.5. The molecule has 0 bridgehead atoms. The highest BCUT2D eigenvalue weighted by molar-refractivity contribution is 5.90. The van der Waals surface area contributed by atoms with E-state index in [0.717, 1.165) is 5.56 Å². The summed E-state index contributed by atoms with van der Waals surface area (Å²) in [4.78, 5) is 41.4. The molecule has 0 saturated carbocycles. The molecule has 296 valence electrons. The summed E-state index contributed by atoms with van der Waals surface area (Å²) in [5.41, 5.74) is 7.56. The Labute approximate surface area is 318 Å². The number of aliphatic hydroxyl groups excluding tert-OH is 1. The molecule has 3 aromatic rings. The molecule has 0 unspecified atom stereocenters. The first-order valence-corrected chi connectivity index (χ1v) is 17.8. The third-order valence-corrected chi connectivity index (χ3v) is 9.17. The first-order valence-electron chi connectivity index (χ1n) is 17.8. The Hall–Kier alpha value is -5.05. The Balaban J connectivity index is 2.00. The normalized spacial score (nSPS) is 14.2. The van der Waals surface area contributed by atoms with Gasteiger partial charge in [-0.2, -0.15) is 0 Å². The van der Waals surface area contributed by atoms with Crippen LogP contribution in [0.2, 0.25) is 0 Å². The number of carbonyl (C=O) groups excluding carboxylic acids is 3. The van der Waals surface area contributed by atoms with Gasteiger partial charge in [-0.25, -0.2) is 0 Å². The number of carbonyl (C=O) groups is 3. The number of hydrogen-bond donors (Lipinski definition) is 7. The number of nitrogens with two attached hydrogens (primary N) is 1. The lowest BCUT2D eigenvalue weighted by atomic mass is 9.86. The third-order valence-electron chi connectivity index (χ3n) is 9.17. The average molecular weight is 752 g/mol. The van der Waals surface area contributed by atoms with Gasteiger partial charge in [0.25, 0.3) is 0 Å². The third kappa shape index (κ3) is 11.7. The van der Waals surface area contributed by atoms with Crippen molar-refractivity contribution in [3.05, 3.63) is 77.4 Å². The standard InChI is InChI=1S/C40H57N5O9/c1-23(2)33(37(48)43-21-25-15-16-27(51-6)19-29(25)46)45-38(49)34(42-22-26-18-31(53-8)32(54-9)20-30(26)52-7)35(47)28(17-24-13-11-10-12-14-24)44-39(50)36(41)40(3,4)5/h10-16,18-20,23,28,33-36,42,46-47H,17,21-22,41H2,1-9H3,(H,43,48)(H,44,50)(H,45,49)/t28-,33-,34+,35+,36+/m0/s1. The number of phenols is 1. The number of hydrogen-bond acceptors (Lipinski definition) is 11. The van der Waals surface area contributed by atoms with Crippen LogP contribution in [0.3, 0.4) is 0 Å². The second-order valence-corrected chi connectivity index (χ2v) is 14.5. The molecule has 3 aromatic carbocycles. The van der Waals surface area contributed by atoms with Crippen LogP contribution in [0.25, 0.3) is 0 Å². The lowest BCUT2D eigenvalue weighted by Gasteiger charge is -2.34. The number of ether oxygens (including phenoxy) is 4. The van der Waals surface area contributed by atoms with Crippen LogP contribution >= 0.6 is 0 Å². The summed E-state index contributed by atoms with van der Waals surface area (Å²) in [5, 5.41) is 34.2. The van der Waals surface area contributed by atoms with Crippen LogP contribution in [0, 0.1) is 11.3 Å². The molecule has 5 atom stereocenters. The lowest BCUT2D eigenvalue weighted by Crippen LogP contribution is -2.63. The quantitative estimate of drug-likeness (QED) is 0.0950. The van der Waals surface area contributed by atoms with E-state index in [9.17, 15) is 24.6 Å². The molecule has 3 amide bonds. The Morgan fingerprint density at radius 1 is 0.741 bits per heavy atom. The van der Waals surface area contributed by atoms with Crippen molar-refractivity contribution in [2.75, 3.05) is 28.4 Å². The van der Waals surface area contributed by atoms with Gasteiger partial charge in [0.05, 0.1) is 46.6 Å². The maximum Gasteiger partial charge on any atom is 0.243 e. The van der Waals surface area contributed by atoms with E-state index in [2.05, 4.69) is 21.3 Å². The lowest BCUT2D eigenvalue weighted by molar-refractivity contribution is -0.134. The number of aliphatic hydroxyl groups is 1. The minimum absolute atomic E-state index is 0.00146. The zero-order chi connectivity index (χ0) is 40.2. The van der Waals surface area contributed by atoms with Gasteiger partial charge in [0.15, 0.2) is 11.5 Å². The molecule has 0 fully saturated rings. The molecule has 14 nitrogen and oxygen atoms in total. The molecule has 0 aromatic heterocycles. The first-order chi connectivity index (χ1) is 25.5. The van der Waals surface area contributed by atoms with Crippen molar-refractivity contribution in [1.29, 1.82) is 0 Å². The monoisotopic (exact) mass is 751 g/mol. The fourth-order valence-electron chi connectivity index (χ4n) is 5.73. The van der Waals surface area contributed by atoms with Crippen molar-refractivity contribution in [3.63, 3.8) is 0 Å². The van der Waals surface area contributed by atoms with Gasteiger partial charge in [0.1, 0.15) is 29.3 Å². The SMILES string of the molecule is COc1ccc(CNC(=O)[C@@H](NC(=O)[C@H](NCc2cc(OC)c(OC)cc2OC)[C@H](O)[C@H](Cc2ccccc2)NC(=O)[C@@H](N)C(C)(C)C)C(C)C)c(O)c1. The summed E-state index contributed by atoms with van der Waals surface area (Å²) in [6, 6.07) is 13.0. The minimum atomic E-state index is -1.53. The van der Waals surface area contributed by atoms with Crippen molar-refractivity contribution < 1.29 is 43.5 Å². The highest BCUT2D eigenvalue weighted by Crippen LogP contribution is 2.34. The molecule has 0 aliphatic carbocycles. The number of aromatic hydroxyl groups is 1. The Kier molecular flexibility index (Phi) is 15.9. The van der Waals surface area contributed by atoms with E-state index < -0.39 is 53.4 Å². The van der Waals surface area contributed by atoms with E-state index in [4.69, 9.17) is 24.7 Å². The first kappa shape index (κ1) is 43.4. The number of nitrogens with one attached hydrogen (secondary N) is 4. The number of rotatable bonds is 19. The maximum atomic E-state index is 14.4. The zero-order valence-corrected chi connectivity index (χ0v) is 32.7. The molecular formula is C40H57N5O9. The predicted molar refractivity (Wildman–Crippen MR) is 206 cm³/mol. The van der Waals surface area contributed by atoms with Gasteiger partial charge >= 0.3 is 0 Å². The smallest absolute Gasteiger partial charge is 0.243 e. The fraction of sp³-hybridized carbons (Fsp3) is 0.475. The Morgan fingerprint density at radius 3 is 1.93 bits per heavy atom. The van der Waals surface area contributed by atoms with E-state index in [1.165, 1.54) is 34.5 Å². The van der Waals surface area contributed by atoms with Crippen LogP contribution in [0.15, 0.2) is 60.7 Å². The molecule has 0 spiro atoms. The topological polar surface area (TPSA) is 203 Å². The fourth-order valence-corrected chi connectivity index (χ4v) is 5.73. The number of amides is 3. The van der Waals surface area contributed by atoms with Gasteiger partial charge in [-0.1, -0.05) is 65.0 Å². The molecule has 54 heavy (non-hydrogen) atoms. The zero-order valence-electron chi connectivity index (χ0n) is 32.7. The average Bonchev–Trinajstić information content (AvgIpc) is 3.15. The Bertz CT molecular complexity index is 1700. The summed E-state index contributed by atoms with van der Waals surface area (Å²) < 4.78 is 21.7. The van der Waals surface area contributed by atoms with Gasteiger partial charge in [-0.3, -0.25) is 19.7 Å². The van der Waals surface area contributed by atoms with Crippen LogP contribution in [-0.4, -0.2) is 86.6 Å². The van der Waals surface area contributed by atoms with Crippen LogP contribution < -0.4 is 45.9 Å². The summed E-state index contributed by atoms with van der Waals surface area (Å²) in [5.74, 6) is -0.403. The number of methoxy groups -OCH3 is 4. The van der Waals surface area contributed by atoms with E-state index >= 15 is 0 Å². The molecule has 3 rings (SSSR count). The van der Waals surface area contributed by atoms with Gasteiger partial charge in [-0.05, 0) is 41.5 Å². The molecule has 0 aliphatic heterocycles. The second-order valence-electron chi connectivity index (χ2n) is 14.5. The number of benzene rings is 3. The largest absolute Gasteiger partial charge is 0.507 e. The van der Waals surface area contributed by atoms with Crippen molar-refractivity contribution in [2.24, 2.45) is 17.1 Å². The van der Waals surface area contributed by atoms with E-state index in [-0.39, 0.29) is 31.2 Å². The van der Waals surface area contributed by atoms with Crippen molar-refractivity contribution >= 4 is 17.7 Å². The van der Waals surface area contributed by atoms with Crippen molar-refractivity contribution in [1.82, 2.24) is 21.3 Å². The molecule has 0 aliphatic rings. The van der Waals surface area contributed by atoms with Gasteiger partial charge in [0, 0.05) is 36.3 Å². The summed E-state index contributed by atoms with van der Waals surface area (Å²) >= 11 is 0. The second kappa shape index (κ2) is 19.9. The Morgan fingerprint density at radius 2 is 1.37 bits per heavy atom. The van der Waals surface area contributed by atoms with Crippen LogP contribution in [0.4, 0.5) is 0 Å². The van der Waals surface area contributed by atoms with E-state index in [0.29, 0.717) is 34.1 Å². The summed E-state index contributed by atoms with van der Waals surface area (Å²) in [7, 11) is 5.97. The van der Waals surface area contributed by atoms with Crippen molar-refractivity contribution in [2.45, 2.75) is 84.4 Å². The minimum Gasteiger partial charge on any atom is -0.507 e. The molecule has 8 N–H and O–H groups in total. The van der Waals surface area contributed by atoms with Gasteiger partial charge in [0.2, 0.25) is 17.7 Å². The summed E-state index contributed by atoms with van der Waals surface area (Å²) in [6.45, 7) is 9.03. The van der Waals surface area contributed by atoms with Gasteiger partial charge < -0.3 is 50.8 Å².